The number of carboxylic acid groups (broad SMARTS) is 1. The molecule has 0 aromatic carbocycles. The fourth-order valence-corrected chi connectivity index (χ4v) is 3.15. The zero-order chi connectivity index (χ0) is 14.6. The first-order valence-electron chi connectivity index (χ1n) is 6.67. The molecule has 1 saturated carbocycles. The zero-order valence-corrected chi connectivity index (χ0v) is 12.3. The minimum Gasteiger partial charge on any atom is -0.481 e. The van der Waals surface area contributed by atoms with Crippen molar-refractivity contribution in [3.05, 3.63) is 23.7 Å². The molecule has 0 bridgehead atoms. The summed E-state index contributed by atoms with van der Waals surface area (Å²) in [4.78, 5) is 23.2. The molecule has 1 fully saturated rings. The molecule has 110 valence electrons. The van der Waals surface area contributed by atoms with E-state index in [-0.39, 0.29) is 18.1 Å². The first-order valence-corrected chi connectivity index (χ1v) is 8.06. The number of aliphatic carboxylic acids is 1. The highest BCUT2D eigenvalue weighted by molar-refractivity contribution is 7.97. The highest BCUT2D eigenvalue weighted by atomic mass is 32.2. The van der Waals surface area contributed by atoms with E-state index in [1.165, 1.54) is 0 Å². The lowest BCUT2D eigenvalue weighted by Gasteiger charge is -2.28. The van der Waals surface area contributed by atoms with Crippen molar-refractivity contribution < 1.29 is 19.1 Å². The van der Waals surface area contributed by atoms with Gasteiger partial charge in [-0.3, -0.25) is 9.59 Å². The van der Waals surface area contributed by atoms with Crippen LogP contribution >= 0.6 is 11.8 Å². The SMILES string of the molecule is CSCc1ccc(C(=O)NC2(CC(=O)O)CCCC2)o1. The number of carboxylic acids is 1. The van der Waals surface area contributed by atoms with Crippen molar-refractivity contribution >= 4 is 23.6 Å². The van der Waals surface area contributed by atoms with Crippen LogP contribution in [-0.2, 0) is 10.5 Å². The van der Waals surface area contributed by atoms with E-state index in [2.05, 4.69) is 5.32 Å². The molecule has 1 amide bonds. The van der Waals surface area contributed by atoms with Crippen LogP contribution in [0.2, 0.25) is 0 Å². The third-order valence-corrected chi connectivity index (χ3v) is 4.17. The molecule has 0 unspecified atom stereocenters. The fraction of sp³-hybridized carbons (Fsp3) is 0.571. The van der Waals surface area contributed by atoms with Gasteiger partial charge in [-0.05, 0) is 31.2 Å². The average molecular weight is 297 g/mol. The Morgan fingerprint density at radius 2 is 2.10 bits per heavy atom. The molecular weight excluding hydrogens is 278 g/mol. The van der Waals surface area contributed by atoms with Gasteiger partial charge in [0.2, 0.25) is 0 Å². The Bertz CT molecular complexity index is 491. The van der Waals surface area contributed by atoms with Crippen LogP contribution in [0.15, 0.2) is 16.5 Å². The average Bonchev–Trinajstić information content (AvgIpc) is 2.98. The highest BCUT2D eigenvalue weighted by Gasteiger charge is 2.38. The molecule has 0 spiro atoms. The molecule has 1 aromatic heterocycles. The number of hydrogen-bond acceptors (Lipinski definition) is 4. The maximum Gasteiger partial charge on any atom is 0.305 e. The van der Waals surface area contributed by atoms with Crippen molar-refractivity contribution in [2.75, 3.05) is 6.26 Å². The summed E-state index contributed by atoms with van der Waals surface area (Å²) >= 11 is 1.62. The standard InChI is InChI=1S/C14H19NO4S/c1-20-9-10-4-5-11(19-10)13(18)15-14(8-12(16)17)6-2-3-7-14/h4-5H,2-3,6-9H2,1H3,(H,15,18)(H,16,17). The Kier molecular flexibility index (Phi) is 4.75. The van der Waals surface area contributed by atoms with Crippen LogP contribution in [-0.4, -0.2) is 28.8 Å². The Labute approximate surface area is 122 Å². The molecule has 2 rings (SSSR count). The van der Waals surface area contributed by atoms with E-state index in [4.69, 9.17) is 9.52 Å². The second-order valence-electron chi connectivity index (χ2n) is 5.21. The largest absolute Gasteiger partial charge is 0.481 e. The van der Waals surface area contributed by atoms with E-state index in [1.54, 1.807) is 23.9 Å². The van der Waals surface area contributed by atoms with Crippen molar-refractivity contribution in [2.45, 2.75) is 43.4 Å². The number of carbonyl (C=O) groups is 2. The maximum absolute atomic E-state index is 12.2. The number of carbonyl (C=O) groups excluding carboxylic acids is 1. The van der Waals surface area contributed by atoms with Gasteiger partial charge < -0.3 is 14.8 Å². The molecule has 6 heteroatoms. The van der Waals surface area contributed by atoms with Crippen molar-refractivity contribution in [3.8, 4) is 0 Å². The molecule has 1 heterocycles. The van der Waals surface area contributed by atoms with Crippen LogP contribution in [0.25, 0.3) is 0 Å². The van der Waals surface area contributed by atoms with Gasteiger partial charge in [0.25, 0.3) is 5.91 Å². The van der Waals surface area contributed by atoms with Gasteiger partial charge in [-0.25, -0.2) is 0 Å². The minimum atomic E-state index is -0.880. The number of furan rings is 1. The molecule has 2 N–H and O–H groups in total. The van der Waals surface area contributed by atoms with Crippen molar-refractivity contribution in [1.29, 1.82) is 0 Å². The molecule has 5 nitrogen and oxygen atoms in total. The monoisotopic (exact) mass is 297 g/mol. The van der Waals surface area contributed by atoms with E-state index in [9.17, 15) is 9.59 Å². The third-order valence-electron chi connectivity index (χ3n) is 3.60. The van der Waals surface area contributed by atoms with Gasteiger partial charge in [0.1, 0.15) is 5.76 Å². The molecule has 0 saturated heterocycles. The summed E-state index contributed by atoms with van der Waals surface area (Å²) in [5, 5.41) is 11.9. The molecule has 20 heavy (non-hydrogen) atoms. The molecule has 1 aromatic rings. The predicted octanol–water partition coefficient (Wildman–Crippen LogP) is 2.66. The lowest BCUT2D eigenvalue weighted by Crippen LogP contribution is -2.47. The number of hydrogen-bond donors (Lipinski definition) is 2. The first-order chi connectivity index (χ1) is 9.54. The van der Waals surface area contributed by atoms with E-state index in [0.29, 0.717) is 18.6 Å². The van der Waals surface area contributed by atoms with Crippen LogP contribution in [0.3, 0.4) is 0 Å². The van der Waals surface area contributed by atoms with Crippen LogP contribution < -0.4 is 5.32 Å². The smallest absolute Gasteiger partial charge is 0.305 e. The number of rotatable bonds is 6. The number of thioether (sulfide) groups is 1. The van der Waals surface area contributed by atoms with Gasteiger partial charge in [-0.1, -0.05) is 12.8 Å². The predicted molar refractivity (Wildman–Crippen MR) is 76.8 cm³/mol. The Morgan fingerprint density at radius 1 is 1.40 bits per heavy atom. The third kappa shape index (κ3) is 3.56. The lowest BCUT2D eigenvalue weighted by molar-refractivity contribution is -0.138. The van der Waals surface area contributed by atoms with Crippen molar-refractivity contribution in [1.82, 2.24) is 5.32 Å². The van der Waals surface area contributed by atoms with Crippen molar-refractivity contribution in [3.63, 3.8) is 0 Å². The molecule has 0 radical (unpaired) electrons. The Morgan fingerprint density at radius 3 is 2.70 bits per heavy atom. The van der Waals surface area contributed by atoms with Gasteiger partial charge in [-0.2, -0.15) is 11.8 Å². The van der Waals surface area contributed by atoms with Crippen LogP contribution in [0.4, 0.5) is 0 Å². The van der Waals surface area contributed by atoms with Crippen molar-refractivity contribution in [2.24, 2.45) is 0 Å². The van der Waals surface area contributed by atoms with E-state index in [1.807, 2.05) is 6.26 Å². The summed E-state index contributed by atoms with van der Waals surface area (Å²) in [6.07, 6.45) is 5.25. The second-order valence-corrected chi connectivity index (χ2v) is 6.08. The van der Waals surface area contributed by atoms with E-state index in [0.717, 1.165) is 18.6 Å². The minimum absolute atomic E-state index is 0.0306. The van der Waals surface area contributed by atoms with Gasteiger partial charge in [-0.15, -0.1) is 0 Å². The topological polar surface area (TPSA) is 79.5 Å². The highest BCUT2D eigenvalue weighted by Crippen LogP contribution is 2.33. The van der Waals surface area contributed by atoms with Gasteiger partial charge in [0, 0.05) is 0 Å². The molecule has 0 atom stereocenters. The second kappa shape index (κ2) is 6.35. The van der Waals surface area contributed by atoms with Crippen LogP contribution in [0.5, 0.6) is 0 Å². The van der Waals surface area contributed by atoms with Gasteiger partial charge >= 0.3 is 5.97 Å². The van der Waals surface area contributed by atoms with Gasteiger partial charge in [0.05, 0.1) is 17.7 Å². The first kappa shape index (κ1) is 15.0. The maximum atomic E-state index is 12.2. The quantitative estimate of drug-likeness (QED) is 0.844. The van der Waals surface area contributed by atoms with E-state index < -0.39 is 11.5 Å². The fourth-order valence-electron chi connectivity index (χ4n) is 2.71. The molecular formula is C14H19NO4S. The van der Waals surface area contributed by atoms with Crippen LogP contribution in [0, 0.1) is 0 Å². The summed E-state index contributed by atoms with van der Waals surface area (Å²) in [6.45, 7) is 0. The molecule has 1 aliphatic carbocycles. The number of amides is 1. The Balaban J connectivity index is 2.05. The molecule has 1 aliphatic rings. The summed E-state index contributed by atoms with van der Waals surface area (Å²) < 4.78 is 5.47. The summed E-state index contributed by atoms with van der Waals surface area (Å²) in [6, 6.07) is 3.42. The van der Waals surface area contributed by atoms with Gasteiger partial charge in [0.15, 0.2) is 5.76 Å². The summed E-state index contributed by atoms with van der Waals surface area (Å²) in [5.41, 5.74) is -0.616. The molecule has 0 aliphatic heterocycles. The summed E-state index contributed by atoms with van der Waals surface area (Å²) in [5.74, 6) is 0.523. The number of nitrogens with one attached hydrogen (secondary N) is 1. The van der Waals surface area contributed by atoms with E-state index >= 15 is 0 Å². The van der Waals surface area contributed by atoms with Crippen LogP contribution in [0.1, 0.15) is 48.4 Å². The zero-order valence-electron chi connectivity index (χ0n) is 11.5. The lowest BCUT2D eigenvalue weighted by atomic mass is 9.93. The Hall–Kier alpha value is -1.43. The normalized spacial score (nSPS) is 17.1. The summed E-state index contributed by atoms with van der Waals surface area (Å²) in [7, 11) is 0.